The van der Waals surface area contributed by atoms with Gasteiger partial charge in [0.05, 0.1) is 4.92 Å². The molecule has 1 atom stereocenters. The van der Waals surface area contributed by atoms with Crippen LogP contribution < -0.4 is 4.90 Å². The molecule has 0 radical (unpaired) electrons. The number of rotatable bonds is 3. The molecule has 1 fully saturated rings. The first kappa shape index (κ1) is 12.8. The smallest absolute Gasteiger partial charge is 0.295 e. The van der Waals surface area contributed by atoms with Crippen molar-refractivity contribution in [2.24, 2.45) is 5.92 Å². The average Bonchev–Trinajstić information content (AvgIpc) is 2.38. The number of nitrogens with zero attached hydrogens (tertiary/aromatic N) is 2. The summed E-state index contributed by atoms with van der Waals surface area (Å²) >= 11 is 0. The van der Waals surface area contributed by atoms with Gasteiger partial charge >= 0.3 is 0 Å². The van der Waals surface area contributed by atoms with E-state index in [2.05, 4.69) is 0 Å². The summed E-state index contributed by atoms with van der Waals surface area (Å²) < 4.78 is 13.8. The lowest BCUT2D eigenvalue weighted by atomic mass is 9.98. The van der Waals surface area contributed by atoms with Crippen molar-refractivity contribution < 1.29 is 14.4 Å². The lowest BCUT2D eigenvalue weighted by Crippen LogP contribution is -2.37. The summed E-state index contributed by atoms with van der Waals surface area (Å²) in [6.07, 6.45) is 1.67. The van der Waals surface area contributed by atoms with Crippen molar-refractivity contribution in [2.75, 3.05) is 24.6 Å². The molecule has 0 saturated carbocycles. The highest BCUT2D eigenvalue weighted by molar-refractivity contribution is 5.64. The first-order valence-corrected chi connectivity index (χ1v) is 5.92. The number of nitro groups is 1. The van der Waals surface area contributed by atoms with E-state index in [1.165, 1.54) is 18.2 Å². The van der Waals surface area contributed by atoms with Gasteiger partial charge in [-0.15, -0.1) is 0 Å². The zero-order valence-electron chi connectivity index (χ0n) is 9.88. The average molecular weight is 254 g/mol. The number of benzene rings is 1. The van der Waals surface area contributed by atoms with E-state index < -0.39 is 10.7 Å². The van der Waals surface area contributed by atoms with Crippen molar-refractivity contribution in [1.29, 1.82) is 0 Å². The molecule has 1 aliphatic heterocycles. The molecule has 1 unspecified atom stereocenters. The highest BCUT2D eigenvalue weighted by Gasteiger charge is 2.27. The summed E-state index contributed by atoms with van der Waals surface area (Å²) in [6.45, 7) is 1.06. The Balaban J connectivity index is 2.34. The molecule has 0 aromatic heterocycles. The quantitative estimate of drug-likeness (QED) is 0.661. The van der Waals surface area contributed by atoms with Gasteiger partial charge in [-0.1, -0.05) is 6.07 Å². The zero-order chi connectivity index (χ0) is 13.1. The molecule has 1 aromatic rings. The number of halogens is 1. The van der Waals surface area contributed by atoms with Gasteiger partial charge in [-0.3, -0.25) is 10.1 Å². The van der Waals surface area contributed by atoms with Gasteiger partial charge in [-0.25, -0.2) is 4.39 Å². The predicted molar refractivity (Wildman–Crippen MR) is 65.1 cm³/mol. The maximum atomic E-state index is 13.8. The second-order valence-corrected chi connectivity index (χ2v) is 4.50. The van der Waals surface area contributed by atoms with Crippen LogP contribution >= 0.6 is 0 Å². The third kappa shape index (κ3) is 2.43. The van der Waals surface area contributed by atoms with Gasteiger partial charge in [0.2, 0.25) is 0 Å². The van der Waals surface area contributed by atoms with Crippen LogP contribution in [0.5, 0.6) is 0 Å². The summed E-state index contributed by atoms with van der Waals surface area (Å²) in [5, 5.41) is 20.1. The minimum Gasteiger partial charge on any atom is -0.396 e. The van der Waals surface area contributed by atoms with Crippen LogP contribution in [0.2, 0.25) is 0 Å². The summed E-state index contributed by atoms with van der Waals surface area (Å²) in [5.41, 5.74) is -0.172. The molecule has 2 rings (SSSR count). The van der Waals surface area contributed by atoms with E-state index in [0.29, 0.717) is 13.1 Å². The molecule has 1 aliphatic rings. The molecule has 1 heterocycles. The predicted octanol–water partition coefficient (Wildman–Crippen LogP) is 1.94. The number of nitro benzene ring substituents is 1. The van der Waals surface area contributed by atoms with Crippen molar-refractivity contribution in [3.8, 4) is 0 Å². The number of aliphatic hydroxyl groups is 1. The molecular formula is C12H15FN2O3. The van der Waals surface area contributed by atoms with Gasteiger partial charge in [-0.2, -0.15) is 0 Å². The molecule has 98 valence electrons. The fourth-order valence-electron chi connectivity index (χ4n) is 2.38. The molecular weight excluding hydrogens is 239 g/mol. The molecule has 18 heavy (non-hydrogen) atoms. The Bertz CT molecular complexity index is 453. The maximum Gasteiger partial charge on any atom is 0.295 e. The van der Waals surface area contributed by atoms with E-state index in [4.69, 9.17) is 5.11 Å². The van der Waals surface area contributed by atoms with Gasteiger partial charge in [0.1, 0.15) is 0 Å². The van der Waals surface area contributed by atoms with Crippen molar-refractivity contribution in [3.63, 3.8) is 0 Å². The van der Waals surface area contributed by atoms with E-state index in [9.17, 15) is 14.5 Å². The lowest BCUT2D eigenvalue weighted by Gasteiger charge is -2.33. The third-order valence-corrected chi connectivity index (χ3v) is 3.26. The van der Waals surface area contributed by atoms with Crippen LogP contribution in [0.15, 0.2) is 18.2 Å². The van der Waals surface area contributed by atoms with Crippen LogP contribution in [0.4, 0.5) is 15.8 Å². The summed E-state index contributed by atoms with van der Waals surface area (Å²) in [7, 11) is 0. The summed E-state index contributed by atoms with van der Waals surface area (Å²) in [6, 6.07) is 3.87. The Morgan fingerprint density at radius 3 is 3.00 bits per heavy atom. The van der Waals surface area contributed by atoms with Gasteiger partial charge in [0.25, 0.3) is 5.69 Å². The SMILES string of the molecule is O=[N+]([O-])c1cccc(F)c1N1CCCC(CO)C1. The van der Waals surface area contributed by atoms with Crippen LogP contribution in [0.3, 0.4) is 0 Å². The maximum absolute atomic E-state index is 13.8. The van der Waals surface area contributed by atoms with Crippen LogP contribution in [-0.2, 0) is 0 Å². The summed E-state index contributed by atoms with van der Waals surface area (Å²) in [4.78, 5) is 12.0. The second-order valence-electron chi connectivity index (χ2n) is 4.50. The number of piperidine rings is 1. The fourth-order valence-corrected chi connectivity index (χ4v) is 2.38. The highest BCUT2D eigenvalue weighted by Crippen LogP contribution is 2.33. The molecule has 5 nitrogen and oxygen atoms in total. The lowest BCUT2D eigenvalue weighted by molar-refractivity contribution is -0.384. The monoisotopic (exact) mass is 254 g/mol. The Morgan fingerprint density at radius 1 is 1.56 bits per heavy atom. The number of hydrogen-bond donors (Lipinski definition) is 1. The molecule has 1 aromatic carbocycles. The minimum absolute atomic E-state index is 0.0265. The number of anilines is 1. The Labute approximate surface area is 104 Å². The first-order valence-electron chi connectivity index (χ1n) is 5.92. The Morgan fingerprint density at radius 2 is 2.33 bits per heavy atom. The van der Waals surface area contributed by atoms with Crippen molar-refractivity contribution in [3.05, 3.63) is 34.1 Å². The van der Waals surface area contributed by atoms with Crippen LogP contribution in [0.1, 0.15) is 12.8 Å². The normalized spacial score (nSPS) is 19.9. The zero-order valence-corrected chi connectivity index (χ0v) is 9.88. The third-order valence-electron chi connectivity index (χ3n) is 3.26. The topological polar surface area (TPSA) is 66.6 Å². The van der Waals surface area contributed by atoms with Gasteiger partial charge in [0, 0.05) is 25.8 Å². The van der Waals surface area contributed by atoms with Crippen molar-refractivity contribution in [2.45, 2.75) is 12.8 Å². The highest BCUT2D eigenvalue weighted by atomic mass is 19.1. The summed E-state index contributed by atoms with van der Waals surface area (Å²) in [5.74, 6) is -0.527. The molecule has 6 heteroatoms. The van der Waals surface area contributed by atoms with E-state index in [0.717, 1.165) is 12.8 Å². The van der Waals surface area contributed by atoms with Crippen molar-refractivity contribution >= 4 is 11.4 Å². The van der Waals surface area contributed by atoms with Gasteiger partial charge in [-0.05, 0) is 24.8 Å². The van der Waals surface area contributed by atoms with Crippen molar-refractivity contribution in [1.82, 2.24) is 0 Å². The first-order chi connectivity index (χ1) is 8.63. The largest absolute Gasteiger partial charge is 0.396 e. The number of hydrogen-bond acceptors (Lipinski definition) is 4. The molecule has 0 bridgehead atoms. The molecule has 0 aliphatic carbocycles. The number of aliphatic hydroxyl groups excluding tert-OH is 1. The second kappa shape index (κ2) is 5.30. The Hall–Kier alpha value is -1.69. The van der Waals surface area contributed by atoms with Crippen LogP contribution in [-0.4, -0.2) is 29.7 Å². The number of para-hydroxylation sites is 1. The molecule has 1 saturated heterocycles. The Kier molecular flexibility index (Phi) is 3.76. The van der Waals surface area contributed by atoms with Gasteiger partial charge in [0.15, 0.2) is 11.5 Å². The van der Waals surface area contributed by atoms with Crippen LogP contribution in [0.25, 0.3) is 0 Å². The fraction of sp³-hybridized carbons (Fsp3) is 0.500. The molecule has 0 spiro atoms. The van der Waals surface area contributed by atoms with E-state index in [-0.39, 0.29) is 23.9 Å². The van der Waals surface area contributed by atoms with Crippen LogP contribution in [0, 0.1) is 21.8 Å². The van der Waals surface area contributed by atoms with E-state index in [1.807, 2.05) is 0 Å². The van der Waals surface area contributed by atoms with E-state index in [1.54, 1.807) is 4.90 Å². The molecule has 0 amide bonds. The molecule has 1 N–H and O–H groups in total. The van der Waals surface area contributed by atoms with Gasteiger partial charge < -0.3 is 10.0 Å². The van der Waals surface area contributed by atoms with E-state index >= 15 is 0 Å². The minimum atomic E-state index is -0.581. The standard InChI is InChI=1S/C12H15FN2O3/c13-10-4-1-5-11(15(17)18)12(10)14-6-2-3-9(7-14)8-16/h1,4-5,9,16H,2-3,6-8H2.